The Morgan fingerprint density at radius 1 is 1.43 bits per heavy atom. The zero-order valence-electron chi connectivity index (χ0n) is 11.6. The van der Waals surface area contributed by atoms with E-state index >= 15 is 0 Å². The minimum atomic E-state index is -1.19. The van der Waals surface area contributed by atoms with Crippen molar-refractivity contribution in [1.82, 2.24) is 0 Å². The molecule has 0 atom stereocenters. The number of carbonyl (C=O) groups is 1. The van der Waals surface area contributed by atoms with Crippen LogP contribution in [0.25, 0.3) is 0 Å². The molecule has 0 radical (unpaired) electrons. The molecule has 6 nitrogen and oxygen atoms in total. The molecule has 1 aromatic rings. The second-order valence-electron chi connectivity index (χ2n) is 5.65. The van der Waals surface area contributed by atoms with Crippen LogP contribution < -0.4 is 5.32 Å². The maximum absolute atomic E-state index is 13.4. The Hall–Kier alpha value is -2.18. The van der Waals surface area contributed by atoms with Gasteiger partial charge in [-0.2, -0.15) is 0 Å². The van der Waals surface area contributed by atoms with Crippen LogP contribution in [0, 0.1) is 21.8 Å². The molecule has 0 unspecified atom stereocenters. The highest BCUT2D eigenvalue weighted by Gasteiger charge is 2.41. The number of carboxylic acid groups (broad SMARTS) is 1. The molecular weight excluding hydrogens is 279 g/mol. The molecule has 21 heavy (non-hydrogen) atoms. The number of hydrogen-bond donors (Lipinski definition) is 2. The average molecular weight is 296 g/mol. The third kappa shape index (κ3) is 3.29. The van der Waals surface area contributed by atoms with E-state index in [1.54, 1.807) is 0 Å². The maximum atomic E-state index is 13.4. The van der Waals surface area contributed by atoms with Gasteiger partial charge in [-0.15, -0.1) is 0 Å². The van der Waals surface area contributed by atoms with Crippen LogP contribution in [0.5, 0.6) is 0 Å². The number of hydrogen-bond acceptors (Lipinski definition) is 4. The zero-order valence-corrected chi connectivity index (χ0v) is 11.6. The lowest BCUT2D eigenvalue weighted by molar-refractivity contribution is -0.385. The van der Waals surface area contributed by atoms with Gasteiger partial charge in [-0.3, -0.25) is 10.1 Å². The first-order valence-corrected chi connectivity index (χ1v) is 6.79. The monoisotopic (exact) mass is 296 g/mol. The summed E-state index contributed by atoms with van der Waals surface area (Å²) in [5.74, 6) is -1.33. The molecule has 2 N–H and O–H groups in total. The van der Waals surface area contributed by atoms with Crippen molar-refractivity contribution >= 4 is 17.3 Å². The highest BCUT2D eigenvalue weighted by molar-refractivity contribution is 5.83. The van der Waals surface area contributed by atoms with Gasteiger partial charge in [0.25, 0.3) is 5.69 Å². The molecule has 0 aliphatic heterocycles. The average Bonchev–Trinajstić information content (AvgIpc) is 2.40. The highest BCUT2D eigenvalue weighted by Crippen LogP contribution is 2.35. The van der Waals surface area contributed by atoms with E-state index in [-0.39, 0.29) is 5.69 Å². The van der Waals surface area contributed by atoms with Crippen molar-refractivity contribution in [2.45, 2.75) is 38.1 Å². The van der Waals surface area contributed by atoms with Crippen LogP contribution in [-0.2, 0) is 4.79 Å². The molecule has 0 saturated heterocycles. The van der Waals surface area contributed by atoms with E-state index in [4.69, 9.17) is 0 Å². The molecule has 1 fully saturated rings. The number of rotatable bonds is 4. The van der Waals surface area contributed by atoms with Gasteiger partial charge in [0.15, 0.2) is 0 Å². The molecule has 1 saturated carbocycles. The molecule has 0 bridgehead atoms. The number of aliphatic carboxylic acids is 1. The van der Waals surface area contributed by atoms with Gasteiger partial charge in [0.05, 0.1) is 11.0 Å². The topological polar surface area (TPSA) is 92.5 Å². The van der Waals surface area contributed by atoms with Crippen molar-refractivity contribution in [2.24, 2.45) is 5.92 Å². The molecule has 0 heterocycles. The van der Waals surface area contributed by atoms with E-state index in [0.29, 0.717) is 18.8 Å². The minimum Gasteiger partial charge on any atom is -0.480 e. The molecule has 2 rings (SSSR count). The Labute approximate surface area is 121 Å². The van der Waals surface area contributed by atoms with Gasteiger partial charge in [0.1, 0.15) is 11.4 Å². The van der Waals surface area contributed by atoms with Crippen LogP contribution in [0.2, 0.25) is 0 Å². The van der Waals surface area contributed by atoms with Crippen molar-refractivity contribution < 1.29 is 19.2 Å². The number of nitrogens with zero attached hydrogens (tertiary/aromatic N) is 1. The first kappa shape index (κ1) is 15.2. The highest BCUT2D eigenvalue weighted by atomic mass is 19.1. The number of nitro groups is 1. The standard InChI is InChI=1S/C14H17FN2O4/c1-9-2-4-14(5-3-9,13(18)19)16-11-6-10(15)7-12(8-11)17(20)21/h6-9,16H,2-5H2,1H3,(H,18,19). The smallest absolute Gasteiger partial charge is 0.329 e. The van der Waals surface area contributed by atoms with Crippen molar-refractivity contribution in [3.05, 3.63) is 34.1 Å². The van der Waals surface area contributed by atoms with E-state index < -0.39 is 27.9 Å². The lowest BCUT2D eigenvalue weighted by atomic mass is 9.77. The summed E-state index contributed by atoms with van der Waals surface area (Å²) >= 11 is 0. The summed E-state index contributed by atoms with van der Waals surface area (Å²) in [6, 6.07) is 3.04. The summed E-state index contributed by atoms with van der Waals surface area (Å²) < 4.78 is 13.4. The lowest BCUT2D eigenvalue weighted by Crippen LogP contribution is -2.48. The van der Waals surface area contributed by atoms with Crippen LogP contribution >= 0.6 is 0 Å². The fourth-order valence-electron chi connectivity index (χ4n) is 2.68. The largest absolute Gasteiger partial charge is 0.480 e. The Balaban J connectivity index is 2.29. The summed E-state index contributed by atoms with van der Waals surface area (Å²) in [5, 5.41) is 23.0. The Morgan fingerprint density at radius 2 is 2.05 bits per heavy atom. The fraction of sp³-hybridized carbons (Fsp3) is 0.500. The van der Waals surface area contributed by atoms with Crippen LogP contribution in [0.4, 0.5) is 15.8 Å². The summed E-state index contributed by atoms with van der Waals surface area (Å²) in [6.45, 7) is 2.05. The van der Waals surface area contributed by atoms with Crippen LogP contribution in [0.1, 0.15) is 32.6 Å². The second kappa shape index (κ2) is 5.67. The molecule has 1 aliphatic rings. The van der Waals surface area contributed by atoms with Gasteiger partial charge in [-0.05, 0) is 37.7 Å². The van der Waals surface area contributed by atoms with E-state index in [1.165, 1.54) is 0 Å². The van der Waals surface area contributed by atoms with Gasteiger partial charge in [0.2, 0.25) is 0 Å². The molecule has 1 aliphatic carbocycles. The van der Waals surface area contributed by atoms with Crippen LogP contribution in [0.15, 0.2) is 18.2 Å². The van der Waals surface area contributed by atoms with Gasteiger partial charge in [-0.25, -0.2) is 9.18 Å². The van der Waals surface area contributed by atoms with Gasteiger partial charge in [0, 0.05) is 11.8 Å². The van der Waals surface area contributed by atoms with Gasteiger partial charge < -0.3 is 10.4 Å². The van der Waals surface area contributed by atoms with Crippen molar-refractivity contribution in [3.8, 4) is 0 Å². The number of benzene rings is 1. The third-order valence-corrected chi connectivity index (χ3v) is 4.01. The molecule has 0 spiro atoms. The summed E-state index contributed by atoms with van der Waals surface area (Å²) in [4.78, 5) is 21.6. The normalized spacial score (nSPS) is 25.3. The molecule has 0 amide bonds. The maximum Gasteiger partial charge on any atom is 0.329 e. The third-order valence-electron chi connectivity index (χ3n) is 4.01. The van der Waals surface area contributed by atoms with E-state index in [0.717, 1.165) is 31.0 Å². The van der Waals surface area contributed by atoms with E-state index in [2.05, 4.69) is 12.2 Å². The molecular formula is C14H17FN2O4. The second-order valence-corrected chi connectivity index (χ2v) is 5.65. The molecule has 7 heteroatoms. The summed E-state index contributed by atoms with van der Waals surface area (Å²) in [6.07, 6.45) is 2.31. The predicted octanol–water partition coefficient (Wildman–Crippen LogP) is 3.18. The Kier molecular flexibility index (Phi) is 4.11. The number of nitrogens with one attached hydrogen (secondary N) is 1. The SMILES string of the molecule is CC1CCC(Nc2cc(F)cc([N+](=O)[O-])c2)(C(=O)O)CC1. The van der Waals surface area contributed by atoms with Gasteiger partial charge >= 0.3 is 5.97 Å². The first-order valence-electron chi connectivity index (χ1n) is 6.79. The van der Waals surface area contributed by atoms with E-state index in [1.807, 2.05) is 0 Å². The summed E-state index contributed by atoms with van der Waals surface area (Å²) in [7, 11) is 0. The quantitative estimate of drug-likeness (QED) is 0.657. The Morgan fingerprint density at radius 3 is 2.57 bits per heavy atom. The minimum absolute atomic E-state index is 0.124. The predicted molar refractivity (Wildman–Crippen MR) is 74.7 cm³/mol. The molecule has 114 valence electrons. The van der Waals surface area contributed by atoms with Crippen molar-refractivity contribution in [1.29, 1.82) is 0 Å². The molecule has 0 aromatic heterocycles. The number of carboxylic acids is 1. The van der Waals surface area contributed by atoms with Gasteiger partial charge in [-0.1, -0.05) is 6.92 Å². The number of anilines is 1. The zero-order chi connectivity index (χ0) is 15.6. The van der Waals surface area contributed by atoms with Crippen molar-refractivity contribution in [2.75, 3.05) is 5.32 Å². The first-order chi connectivity index (χ1) is 9.82. The number of nitro benzene ring substituents is 1. The van der Waals surface area contributed by atoms with Crippen LogP contribution in [0.3, 0.4) is 0 Å². The Bertz CT molecular complexity index is 568. The summed E-state index contributed by atoms with van der Waals surface area (Å²) in [5.41, 5.74) is -1.46. The van der Waals surface area contributed by atoms with Crippen molar-refractivity contribution in [3.63, 3.8) is 0 Å². The lowest BCUT2D eigenvalue weighted by Gasteiger charge is -2.37. The number of non-ortho nitro benzene ring substituents is 1. The van der Waals surface area contributed by atoms with E-state index in [9.17, 15) is 24.4 Å². The number of halogens is 1. The molecule has 1 aromatic carbocycles. The fourth-order valence-corrected chi connectivity index (χ4v) is 2.68. The van der Waals surface area contributed by atoms with Crippen LogP contribution in [-0.4, -0.2) is 21.5 Å².